The van der Waals surface area contributed by atoms with Gasteiger partial charge in [0.1, 0.15) is 0 Å². The van der Waals surface area contributed by atoms with E-state index in [-0.39, 0.29) is 6.61 Å². The Hall–Kier alpha value is -0.860. The molecular weight excluding hydrogens is 210 g/mol. The zero-order chi connectivity index (χ0) is 17.0. The maximum atomic E-state index is 9.77. The van der Waals surface area contributed by atoms with E-state index in [1.165, 1.54) is 0 Å². The van der Waals surface area contributed by atoms with Gasteiger partial charge in [-0.1, -0.05) is 44.0 Å². The molecule has 1 unspecified atom stereocenters. The highest BCUT2D eigenvalue weighted by Gasteiger charge is 2.66. The number of rotatable bonds is 3. The van der Waals surface area contributed by atoms with Crippen molar-refractivity contribution in [3.8, 4) is 0 Å². The first-order valence-electron chi connectivity index (χ1n) is 9.03. The van der Waals surface area contributed by atoms with Crippen molar-refractivity contribution in [2.45, 2.75) is 26.3 Å². The Morgan fingerprint density at radius 1 is 1.41 bits per heavy atom. The maximum Gasteiger partial charge on any atom is 0.0590 e. The van der Waals surface area contributed by atoms with Crippen LogP contribution in [-0.4, -0.2) is 29.2 Å². The molecule has 0 amide bonds. The van der Waals surface area contributed by atoms with Crippen molar-refractivity contribution in [2.75, 3.05) is 13.2 Å². The van der Waals surface area contributed by atoms with Crippen LogP contribution in [0.5, 0.6) is 0 Å². The third-order valence-electron chi connectivity index (χ3n) is 4.17. The Bertz CT molecular complexity index is 556. The largest absolute Gasteiger partial charge is 0.395 e. The molecule has 17 heavy (non-hydrogen) atoms. The van der Waals surface area contributed by atoms with Crippen LogP contribution in [0.25, 0.3) is 0 Å². The van der Waals surface area contributed by atoms with Crippen LogP contribution in [0.3, 0.4) is 0 Å². The highest BCUT2D eigenvalue weighted by molar-refractivity contribution is 5.19. The highest BCUT2D eigenvalue weighted by atomic mass is 16.3. The molecule has 0 radical (unpaired) electrons. The van der Waals surface area contributed by atoms with E-state index in [2.05, 4.69) is 0 Å². The van der Waals surface area contributed by atoms with Gasteiger partial charge in [-0.05, 0) is 22.8 Å². The lowest BCUT2D eigenvalue weighted by atomic mass is 10.0. The molecule has 1 heterocycles. The fraction of sp³-hybridized carbons (Fsp3) is 0.600. The minimum atomic E-state index is -2.54. The van der Waals surface area contributed by atoms with E-state index in [0.29, 0.717) is 13.1 Å². The standard InChI is InChI=1S/C15H21NO/c1-15(2)12-9-16(13(10-17)14(12)15)8-11-6-4-3-5-7-11/h3-7,12-14,17H,8-10H2,1-2H3/t12-,13+,14?/m0/s1/i1D3,2D3. The number of aliphatic hydroxyl groups excluding tert-OH is 1. The van der Waals surface area contributed by atoms with E-state index in [4.69, 9.17) is 8.22 Å². The molecule has 0 aromatic heterocycles. The normalized spacial score (nSPS) is 41.4. The fourth-order valence-electron chi connectivity index (χ4n) is 3.16. The highest BCUT2D eigenvalue weighted by Crippen LogP contribution is 2.64. The van der Waals surface area contributed by atoms with Crippen LogP contribution in [0.1, 0.15) is 27.5 Å². The molecule has 2 heteroatoms. The zero-order valence-electron chi connectivity index (χ0n) is 15.6. The number of piperidine rings is 1. The maximum absolute atomic E-state index is 9.77. The minimum absolute atomic E-state index is 0.220. The predicted molar refractivity (Wildman–Crippen MR) is 68.5 cm³/mol. The summed E-state index contributed by atoms with van der Waals surface area (Å²) in [6.45, 7) is -4.31. The van der Waals surface area contributed by atoms with Crippen molar-refractivity contribution in [1.29, 1.82) is 0 Å². The van der Waals surface area contributed by atoms with Gasteiger partial charge in [-0.25, -0.2) is 0 Å². The average Bonchev–Trinajstić information content (AvgIpc) is 2.99. The summed E-state index contributed by atoms with van der Waals surface area (Å²) in [5, 5.41) is 9.77. The van der Waals surface area contributed by atoms with Gasteiger partial charge >= 0.3 is 0 Å². The first kappa shape index (κ1) is 6.35. The van der Waals surface area contributed by atoms with Gasteiger partial charge in [0, 0.05) is 27.4 Å². The summed E-state index contributed by atoms with van der Waals surface area (Å²) >= 11 is 0. The second kappa shape index (κ2) is 3.82. The second-order valence-electron chi connectivity index (χ2n) is 5.17. The molecule has 2 fully saturated rings. The molecule has 0 bridgehead atoms. The number of fused-ring (bicyclic) bond motifs is 1. The second-order valence-corrected chi connectivity index (χ2v) is 5.17. The molecule has 1 aliphatic carbocycles. The van der Waals surface area contributed by atoms with Crippen LogP contribution in [0, 0.1) is 17.3 Å². The number of hydrogen-bond acceptors (Lipinski definition) is 2. The molecule has 2 nitrogen and oxygen atoms in total. The number of aliphatic hydroxyl groups is 1. The third-order valence-corrected chi connectivity index (χ3v) is 4.17. The van der Waals surface area contributed by atoms with Crippen molar-refractivity contribution >= 4 is 0 Å². The molecule has 1 saturated heterocycles. The van der Waals surface area contributed by atoms with Crippen molar-refractivity contribution in [3.05, 3.63) is 35.9 Å². The van der Waals surface area contributed by atoms with E-state index >= 15 is 0 Å². The number of hydrogen-bond donors (Lipinski definition) is 1. The first-order valence-corrected chi connectivity index (χ1v) is 6.03. The van der Waals surface area contributed by atoms with Crippen molar-refractivity contribution in [3.63, 3.8) is 0 Å². The van der Waals surface area contributed by atoms with Gasteiger partial charge in [0.2, 0.25) is 0 Å². The van der Waals surface area contributed by atoms with Gasteiger partial charge in [-0.2, -0.15) is 0 Å². The van der Waals surface area contributed by atoms with Crippen molar-refractivity contribution in [2.24, 2.45) is 17.3 Å². The minimum Gasteiger partial charge on any atom is -0.395 e. The van der Waals surface area contributed by atoms with E-state index < -0.39 is 37.0 Å². The Kier molecular flexibility index (Phi) is 1.43. The number of likely N-dealkylation sites (tertiary alicyclic amines) is 1. The molecule has 92 valence electrons. The summed E-state index contributed by atoms with van der Waals surface area (Å²) < 4.78 is 46.7. The Labute approximate surface area is 112 Å². The molecule has 2 aliphatic rings. The van der Waals surface area contributed by atoms with Crippen LogP contribution in [0.4, 0.5) is 0 Å². The Morgan fingerprint density at radius 2 is 2.18 bits per heavy atom. The Morgan fingerprint density at radius 3 is 2.82 bits per heavy atom. The van der Waals surface area contributed by atoms with Gasteiger partial charge in [0.25, 0.3) is 0 Å². The molecule has 1 aliphatic heterocycles. The molecule has 0 spiro atoms. The van der Waals surface area contributed by atoms with Crippen LogP contribution in [0.2, 0.25) is 0 Å². The SMILES string of the molecule is [2H]C([2H])([2H])C1(C([2H])([2H])[2H])C2[C@@H](CO)N(Cc3ccccc3)C[C@@H]21. The van der Waals surface area contributed by atoms with Crippen molar-refractivity contribution in [1.82, 2.24) is 4.90 Å². The van der Waals surface area contributed by atoms with Crippen LogP contribution < -0.4 is 0 Å². The van der Waals surface area contributed by atoms with Gasteiger partial charge in [0.05, 0.1) is 6.61 Å². The summed E-state index contributed by atoms with van der Waals surface area (Å²) in [4.78, 5) is 2.01. The topological polar surface area (TPSA) is 23.5 Å². The molecule has 1 aromatic carbocycles. The quantitative estimate of drug-likeness (QED) is 0.870. The van der Waals surface area contributed by atoms with Gasteiger partial charge in [-0.3, -0.25) is 4.90 Å². The van der Waals surface area contributed by atoms with E-state index in [1.807, 2.05) is 35.2 Å². The van der Waals surface area contributed by atoms with Gasteiger partial charge < -0.3 is 5.11 Å². The molecule has 1 saturated carbocycles. The lowest BCUT2D eigenvalue weighted by molar-refractivity contribution is 0.110. The van der Waals surface area contributed by atoms with Crippen LogP contribution in [0.15, 0.2) is 30.3 Å². The molecular formula is C15H21NO. The van der Waals surface area contributed by atoms with Crippen LogP contribution in [-0.2, 0) is 6.54 Å². The fourth-order valence-corrected chi connectivity index (χ4v) is 3.16. The summed E-state index contributed by atoms with van der Waals surface area (Å²) in [6.07, 6.45) is 0. The van der Waals surface area contributed by atoms with E-state index in [9.17, 15) is 5.11 Å². The number of benzene rings is 1. The summed E-state index contributed by atoms with van der Waals surface area (Å²) in [5.41, 5.74) is -0.596. The number of nitrogens with zero attached hydrogens (tertiary/aromatic N) is 1. The summed E-state index contributed by atoms with van der Waals surface area (Å²) in [6, 6.07) is 9.30. The zero-order valence-corrected chi connectivity index (χ0v) is 9.63. The molecule has 3 rings (SSSR count). The predicted octanol–water partition coefficient (Wildman–Crippen LogP) is 2.14. The summed E-state index contributed by atoms with van der Waals surface area (Å²) in [5.74, 6) is -0.917. The van der Waals surface area contributed by atoms with Crippen LogP contribution >= 0.6 is 0 Å². The average molecular weight is 237 g/mol. The van der Waals surface area contributed by atoms with E-state index in [0.717, 1.165) is 5.56 Å². The molecule has 1 aromatic rings. The third kappa shape index (κ3) is 1.71. The lowest BCUT2D eigenvalue weighted by Gasteiger charge is -2.29. The smallest absolute Gasteiger partial charge is 0.0590 e. The van der Waals surface area contributed by atoms with Gasteiger partial charge in [0.15, 0.2) is 0 Å². The molecule has 3 atom stereocenters. The Balaban J connectivity index is 1.85. The molecule has 1 N–H and O–H groups in total. The first-order chi connectivity index (χ1) is 10.6. The lowest BCUT2D eigenvalue weighted by Crippen LogP contribution is -2.38. The van der Waals surface area contributed by atoms with Crippen molar-refractivity contribution < 1.29 is 13.3 Å². The van der Waals surface area contributed by atoms with E-state index in [1.54, 1.807) is 0 Å². The monoisotopic (exact) mass is 237 g/mol. The van der Waals surface area contributed by atoms with Gasteiger partial charge in [-0.15, -0.1) is 0 Å². The summed E-state index contributed by atoms with van der Waals surface area (Å²) in [7, 11) is 0.